The molecular weight excluding hydrogens is 314 g/mol. The van der Waals surface area contributed by atoms with Crippen LogP contribution < -0.4 is 5.56 Å². The van der Waals surface area contributed by atoms with Crippen molar-refractivity contribution in [3.63, 3.8) is 0 Å². The van der Waals surface area contributed by atoms with E-state index in [0.29, 0.717) is 28.0 Å². The molecule has 6 nitrogen and oxygen atoms in total. The molecule has 0 unspecified atom stereocenters. The highest BCUT2D eigenvalue weighted by Gasteiger charge is 2.18. The number of aromatic amines is 1. The second-order valence-corrected chi connectivity index (χ2v) is 5.82. The van der Waals surface area contributed by atoms with Crippen LogP contribution in [0.4, 0.5) is 0 Å². The lowest BCUT2D eigenvalue weighted by Gasteiger charge is -1.98. The lowest BCUT2D eigenvalue weighted by molar-refractivity contribution is 0.0531. The first-order valence-electron chi connectivity index (χ1n) is 7.12. The summed E-state index contributed by atoms with van der Waals surface area (Å²) in [5.74, 6) is -0.420. The van der Waals surface area contributed by atoms with Crippen molar-refractivity contribution < 1.29 is 9.53 Å². The summed E-state index contributed by atoms with van der Waals surface area (Å²) in [6.45, 7) is 3.77. The topological polar surface area (TPSA) is 77.0 Å². The number of carbonyl (C=O) groups is 1. The SMILES string of the molecule is CCOC(=O)c1sc(-n2[nH]c(-c3ccccc3)cc2=O)nc1C. The number of nitrogens with zero attached hydrogens (tertiary/aromatic N) is 2. The molecule has 0 radical (unpaired) electrons. The fourth-order valence-corrected chi connectivity index (χ4v) is 3.10. The molecule has 1 aromatic carbocycles. The normalized spacial score (nSPS) is 10.7. The second kappa shape index (κ2) is 6.21. The second-order valence-electron chi connectivity index (χ2n) is 4.84. The van der Waals surface area contributed by atoms with E-state index in [1.54, 1.807) is 13.8 Å². The average Bonchev–Trinajstić information content (AvgIpc) is 3.11. The van der Waals surface area contributed by atoms with Gasteiger partial charge in [0, 0.05) is 6.07 Å². The van der Waals surface area contributed by atoms with Gasteiger partial charge in [0.2, 0.25) is 5.13 Å². The number of carbonyl (C=O) groups excluding carboxylic acids is 1. The van der Waals surface area contributed by atoms with Crippen LogP contribution in [0.5, 0.6) is 0 Å². The molecule has 0 amide bonds. The summed E-state index contributed by atoms with van der Waals surface area (Å²) in [7, 11) is 0. The van der Waals surface area contributed by atoms with Crippen molar-refractivity contribution in [1.29, 1.82) is 0 Å². The Morgan fingerprint density at radius 1 is 1.35 bits per heavy atom. The minimum absolute atomic E-state index is 0.229. The number of aryl methyl sites for hydroxylation is 1. The third kappa shape index (κ3) is 2.95. The van der Waals surface area contributed by atoms with E-state index in [1.807, 2.05) is 30.3 Å². The first-order chi connectivity index (χ1) is 11.1. The summed E-state index contributed by atoms with van der Waals surface area (Å²) in [6.07, 6.45) is 0. The van der Waals surface area contributed by atoms with Crippen LogP contribution in [0, 0.1) is 6.92 Å². The smallest absolute Gasteiger partial charge is 0.350 e. The van der Waals surface area contributed by atoms with E-state index in [-0.39, 0.29) is 5.56 Å². The van der Waals surface area contributed by atoms with E-state index < -0.39 is 5.97 Å². The Kier molecular flexibility index (Phi) is 4.12. The molecular formula is C16H15N3O3S. The number of H-pyrrole nitrogens is 1. The van der Waals surface area contributed by atoms with Gasteiger partial charge in [0.15, 0.2) is 0 Å². The zero-order valence-corrected chi connectivity index (χ0v) is 13.5. The monoisotopic (exact) mass is 329 g/mol. The molecule has 0 aliphatic rings. The van der Waals surface area contributed by atoms with Crippen LogP contribution in [-0.4, -0.2) is 27.3 Å². The lowest BCUT2D eigenvalue weighted by atomic mass is 10.2. The Bertz CT molecular complexity index is 893. The molecule has 2 aromatic heterocycles. The zero-order valence-electron chi connectivity index (χ0n) is 12.7. The number of hydrogen-bond acceptors (Lipinski definition) is 5. The van der Waals surface area contributed by atoms with E-state index in [0.717, 1.165) is 16.9 Å². The fraction of sp³-hybridized carbons (Fsp3) is 0.188. The van der Waals surface area contributed by atoms with Gasteiger partial charge in [-0.05, 0) is 19.4 Å². The number of ether oxygens (including phenoxy) is 1. The first-order valence-corrected chi connectivity index (χ1v) is 7.94. The van der Waals surface area contributed by atoms with Gasteiger partial charge in [-0.1, -0.05) is 41.7 Å². The number of nitrogens with one attached hydrogen (secondary N) is 1. The molecule has 7 heteroatoms. The standard InChI is InChI=1S/C16H15N3O3S/c1-3-22-15(21)14-10(2)17-16(23-14)19-13(20)9-12(18-19)11-7-5-4-6-8-11/h4-9,18H,3H2,1-2H3. The van der Waals surface area contributed by atoms with Crippen molar-refractivity contribution in [1.82, 2.24) is 14.8 Å². The Morgan fingerprint density at radius 3 is 2.78 bits per heavy atom. The predicted molar refractivity (Wildman–Crippen MR) is 88.2 cm³/mol. The number of esters is 1. The highest BCUT2D eigenvalue weighted by atomic mass is 32.1. The Balaban J connectivity index is 2.00. The van der Waals surface area contributed by atoms with Crippen molar-refractivity contribution >= 4 is 17.3 Å². The van der Waals surface area contributed by atoms with Crippen LogP contribution in [0.15, 0.2) is 41.2 Å². The molecule has 0 aliphatic carbocycles. The summed E-state index contributed by atoms with van der Waals surface area (Å²) in [5, 5.41) is 3.44. The molecule has 3 rings (SSSR count). The van der Waals surface area contributed by atoms with Gasteiger partial charge in [0.05, 0.1) is 18.0 Å². The molecule has 23 heavy (non-hydrogen) atoms. The van der Waals surface area contributed by atoms with Crippen LogP contribution >= 0.6 is 11.3 Å². The molecule has 0 aliphatic heterocycles. The molecule has 0 saturated carbocycles. The van der Waals surface area contributed by atoms with Crippen molar-refractivity contribution in [2.45, 2.75) is 13.8 Å². The van der Waals surface area contributed by atoms with Gasteiger partial charge >= 0.3 is 5.97 Å². The number of hydrogen-bond donors (Lipinski definition) is 1. The highest BCUT2D eigenvalue weighted by molar-refractivity contribution is 7.16. The van der Waals surface area contributed by atoms with Gasteiger partial charge in [-0.25, -0.2) is 9.78 Å². The van der Waals surface area contributed by atoms with Crippen LogP contribution in [-0.2, 0) is 4.74 Å². The predicted octanol–water partition coefficient (Wildman–Crippen LogP) is 2.77. The molecule has 0 spiro atoms. The van der Waals surface area contributed by atoms with Gasteiger partial charge in [-0.15, -0.1) is 0 Å². The van der Waals surface area contributed by atoms with Gasteiger partial charge in [-0.3, -0.25) is 9.89 Å². The molecule has 0 saturated heterocycles. The zero-order chi connectivity index (χ0) is 16.4. The molecule has 1 N–H and O–H groups in total. The van der Waals surface area contributed by atoms with Crippen molar-refractivity contribution in [2.75, 3.05) is 6.61 Å². The van der Waals surface area contributed by atoms with E-state index in [4.69, 9.17) is 4.74 Å². The summed E-state index contributed by atoms with van der Waals surface area (Å²) in [4.78, 5) is 28.8. The van der Waals surface area contributed by atoms with E-state index in [1.165, 1.54) is 10.7 Å². The van der Waals surface area contributed by atoms with Gasteiger partial charge in [0.1, 0.15) is 4.88 Å². The fourth-order valence-electron chi connectivity index (χ4n) is 2.17. The minimum atomic E-state index is -0.420. The van der Waals surface area contributed by atoms with E-state index >= 15 is 0 Å². The minimum Gasteiger partial charge on any atom is -0.462 e. The third-order valence-corrected chi connectivity index (χ3v) is 4.37. The Labute approximate surface area is 136 Å². The summed E-state index contributed by atoms with van der Waals surface area (Å²) < 4.78 is 6.33. The van der Waals surface area contributed by atoms with E-state index in [2.05, 4.69) is 10.1 Å². The molecule has 118 valence electrons. The third-order valence-electron chi connectivity index (χ3n) is 3.24. The van der Waals surface area contributed by atoms with Crippen molar-refractivity contribution in [2.24, 2.45) is 0 Å². The van der Waals surface area contributed by atoms with Gasteiger partial charge in [0.25, 0.3) is 5.56 Å². The molecule has 2 heterocycles. The molecule has 3 aromatic rings. The van der Waals surface area contributed by atoms with Crippen molar-refractivity contribution in [3.05, 3.63) is 57.3 Å². The first kappa shape index (κ1) is 15.2. The number of thiazole rings is 1. The number of aromatic nitrogens is 3. The van der Waals surface area contributed by atoms with Gasteiger partial charge in [-0.2, -0.15) is 4.68 Å². The summed E-state index contributed by atoms with van der Waals surface area (Å²) >= 11 is 1.13. The molecule has 0 fully saturated rings. The van der Waals surface area contributed by atoms with Crippen LogP contribution in [0.2, 0.25) is 0 Å². The average molecular weight is 329 g/mol. The Hall–Kier alpha value is -2.67. The summed E-state index contributed by atoms with van der Waals surface area (Å²) in [5.41, 5.74) is 1.92. The highest BCUT2D eigenvalue weighted by Crippen LogP contribution is 2.22. The maximum absolute atomic E-state index is 12.2. The lowest BCUT2D eigenvalue weighted by Crippen LogP contribution is -2.12. The van der Waals surface area contributed by atoms with Crippen LogP contribution in [0.25, 0.3) is 16.4 Å². The molecule has 0 bridgehead atoms. The Morgan fingerprint density at radius 2 is 2.09 bits per heavy atom. The summed E-state index contributed by atoms with van der Waals surface area (Å²) in [6, 6.07) is 11.0. The van der Waals surface area contributed by atoms with Crippen molar-refractivity contribution in [3.8, 4) is 16.4 Å². The quantitative estimate of drug-likeness (QED) is 0.747. The maximum atomic E-state index is 12.2. The number of benzene rings is 1. The number of rotatable bonds is 4. The van der Waals surface area contributed by atoms with E-state index in [9.17, 15) is 9.59 Å². The van der Waals surface area contributed by atoms with Crippen LogP contribution in [0.1, 0.15) is 22.3 Å². The maximum Gasteiger partial charge on any atom is 0.350 e. The molecule has 0 atom stereocenters. The van der Waals surface area contributed by atoms with Gasteiger partial charge < -0.3 is 4.74 Å². The van der Waals surface area contributed by atoms with Crippen LogP contribution in [0.3, 0.4) is 0 Å². The largest absolute Gasteiger partial charge is 0.462 e.